The molecule has 3 aromatic heterocycles. The third-order valence-corrected chi connectivity index (χ3v) is 3.96. The molecular formula is C15H16N6. The fourth-order valence-corrected chi connectivity index (χ4v) is 2.82. The van der Waals surface area contributed by atoms with Gasteiger partial charge in [-0.05, 0) is 19.3 Å². The number of hydrogen-bond donors (Lipinski definition) is 1. The van der Waals surface area contributed by atoms with Crippen LogP contribution in [0.25, 0.3) is 22.4 Å². The highest BCUT2D eigenvalue weighted by atomic mass is 15.1. The Balaban J connectivity index is 1.67. The second kappa shape index (κ2) is 5.12. The zero-order chi connectivity index (χ0) is 14.1. The van der Waals surface area contributed by atoms with E-state index in [2.05, 4.69) is 29.8 Å². The van der Waals surface area contributed by atoms with Gasteiger partial charge in [0.1, 0.15) is 12.0 Å². The summed E-state index contributed by atoms with van der Waals surface area (Å²) < 4.78 is 0. The predicted octanol–water partition coefficient (Wildman–Crippen LogP) is 2.41. The molecule has 21 heavy (non-hydrogen) atoms. The van der Waals surface area contributed by atoms with E-state index < -0.39 is 0 Å². The van der Waals surface area contributed by atoms with Crippen LogP contribution in [0.3, 0.4) is 0 Å². The number of nitrogens with one attached hydrogen (secondary N) is 1. The van der Waals surface area contributed by atoms with E-state index in [9.17, 15) is 0 Å². The van der Waals surface area contributed by atoms with Gasteiger partial charge < -0.3 is 9.88 Å². The molecule has 0 atom stereocenters. The molecule has 0 saturated carbocycles. The van der Waals surface area contributed by atoms with Crippen LogP contribution in [0.2, 0.25) is 0 Å². The molecule has 6 nitrogen and oxygen atoms in total. The molecule has 1 aliphatic rings. The standard InChI is InChI=1S/C15H16N6/c1-2-4-21(5-3-1)11-6-17-14(18-7-11)13-9-19-15-12(13)8-16-10-20-15/h6-10H,1-5H2,(H,16,19,20). The Morgan fingerprint density at radius 2 is 1.76 bits per heavy atom. The Kier molecular flexibility index (Phi) is 2.99. The van der Waals surface area contributed by atoms with Crippen molar-refractivity contribution in [1.82, 2.24) is 24.9 Å². The van der Waals surface area contributed by atoms with Crippen LogP contribution in [0, 0.1) is 0 Å². The smallest absolute Gasteiger partial charge is 0.161 e. The van der Waals surface area contributed by atoms with Gasteiger partial charge in [-0.25, -0.2) is 19.9 Å². The number of hydrogen-bond acceptors (Lipinski definition) is 5. The summed E-state index contributed by atoms with van der Waals surface area (Å²) in [5, 5.41) is 0.947. The van der Waals surface area contributed by atoms with Gasteiger partial charge >= 0.3 is 0 Å². The van der Waals surface area contributed by atoms with Crippen molar-refractivity contribution in [1.29, 1.82) is 0 Å². The molecule has 6 heteroatoms. The molecule has 1 fully saturated rings. The monoisotopic (exact) mass is 280 g/mol. The lowest BCUT2D eigenvalue weighted by Gasteiger charge is -2.28. The molecule has 4 rings (SSSR count). The Morgan fingerprint density at radius 3 is 2.57 bits per heavy atom. The lowest BCUT2D eigenvalue weighted by Crippen LogP contribution is -2.29. The molecule has 3 aromatic rings. The Morgan fingerprint density at radius 1 is 0.952 bits per heavy atom. The van der Waals surface area contributed by atoms with Crippen LogP contribution in [0.5, 0.6) is 0 Å². The second-order valence-corrected chi connectivity index (χ2v) is 5.30. The molecule has 0 unspecified atom stereocenters. The number of aromatic nitrogens is 5. The van der Waals surface area contributed by atoms with Crippen LogP contribution < -0.4 is 4.90 Å². The van der Waals surface area contributed by atoms with Gasteiger partial charge in [0.25, 0.3) is 0 Å². The van der Waals surface area contributed by atoms with Crippen molar-refractivity contribution in [2.24, 2.45) is 0 Å². The van der Waals surface area contributed by atoms with Gasteiger partial charge in [0.2, 0.25) is 0 Å². The first-order valence-corrected chi connectivity index (χ1v) is 7.26. The topological polar surface area (TPSA) is 70.6 Å². The first kappa shape index (κ1) is 12.3. The summed E-state index contributed by atoms with van der Waals surface area (Å²) in [6, 6.07) is 0. The van der Waals surface area contributed by atoms with E-state index in [0.717, 1.165) is 35.4 Å². The quantitative estimate of drug-likeness (QED) is 0.780. The summed E-state index contributed by atoms with van der Waals surface area (Å²) in [5.74, 6) is 0.705. The van der Waals surface area contributed by atoms with Crippen LogP contribution >= 0.6 is 0 Å². The van der Waals surface area contributed by atoms with E-state index >= 15 is 0 Å². The van der Waals surface area contributed by atoms with Crippen molar-refractivity contribution >= 4 is 16.7 Å². The summed E-state index contributed by atoms with van der Waals surface area (Å²) in [6.45, 7) is 2.20. The minimum atomic E-state index is 0.705. The average Bonchev–Trinajstić information content (AvgIpc) is 3.00. The van der Waals surface area contributed by atoms with E-state index in [4.69, 9.17) is 0 Å². The molecule has 0 bridgehead atoms. The van der Waals surface area contributed by atoms with Crippen LogP contribution in [0.4, 0.5) is 5.69 Å². The largest absolute Gasteiger partial charge is 0.369 e. The van der Waals surface area contributed by atoms with Crippen LogP contribution in [-0.2, 0) is 0 Å². The average molecular weight is 280 g/mol. The highest BCUT2D eigenvalue weighted by Gasteiger charge is 2.13. The summed E-state index contributed by atoms with van der Waals surface area (Å²) in [6.07, 6.45) is 12.9. The van der Waals surface area contributed by atoms with E-state index in [1.54, 1.807) is 6.20 Å². The molecule has 106 valence electrons. The predicted molar refractivity (Wildman–Crippen MR) is 81.0 cm³/mol. The SMILES string of the molecule is c1ncc2c(-c3ncc(N4CCCCC4)cn3)c[nH]c2n1. The van der Waals surface area contributed by atoms with E-state index in [0.29, 0.717) is 5.82 Å². The maximum absolute atomic E-state index is 4.52. The van der Waals surface area contributed by atoms with Gasteiger partial charge in [-0.1, -0.05) is 0 Å². The molecular weight excluding hydrogens is 264 g/mol. The molecule has 0 spiro atoms. The van der Waals surface area contributed by atoms with Crippen molar-refractivity contribution < 1.29 is 0 Å². The lowest BCUT2D eigenvalue weighted by molar-refractivity contribution is 0.576. The lowest BCUT2D eigenvalue weighted by atomic mass is 10.1. The molecule has 1 N–H and O–H groups in total. The minimum absolute atomic E-state index is 0.705. The van der Waals surface area contributed by atoms with E-state index in [1.807, 2.05) is 18.6 Å². The van der Waals surface area contributed by atoms with Crippen molar-refractivity contribution in [3.63, 3.8) is 0 Å². The summed E-state index contributed by atoms with van der Waals surface area (Å²) in [4.78, 5) is 22.8. The fourth-order valence-electron chi connectivity index (χ4n) is 2.82. The van der Waals surface area contributed by atoms with Crippen LogP contribution in [0.1, 0.15) is 19.3 Å². The van der Waals surface area contributed by atoms with Crippen molar-refractivity contribution in [2.45, 2.75) is 19.3 Å². The van der Waals surface area contributed by atoms with Gasteiger partial charge in [0, 0.05) is 36.4 Å². The molecule has 0 amide bonds. The van der Waals surface area contributed by atoms with E-state index in [1.165, 1.54) is 25.6 Å². The molecule has 4 heterocycles. The number of fused-ring (bicyclic) bond motifs is 1. The van der Waals surface area contributed by atoms with Gasteiger partial charge in [-0.2, -0.15) is 0 Å². The fraction of sp³-hybridized carbons (Fsp3) is 0.333. The highest BCUT2D eigenvalue weighted by molar-refractivity contribution is 5.90. The number of piperidine rings is 1. The number of aromatic amines is 1. The Labute approximate surface area is 122 Å². The normalized spacial score (nSPS) is 15.5. The maximum atomic E-state index is 4.52. The minimum Gasteiger partial charge on any atom is -0.369 e. The molecule has 0 aliphatic carbocycles. The van der Waals surface area contributed by atoms with Crippen LogP contribution in [0.15, 0.2) is 31.1 Å². The summed E-state index contributed by atoms with van der Waals surface area (Å²) in [7, 11) is 0. The number of nitrogens with zero attached hydrogens (tertiary/aromatic N) is 5. The van der Waals surface area contributed by atoms with Crippen molar-refractivity contribution in [3.05, 3.63) is 31.1 Å². The first-order valence-electron chi connectivity index (χ1n) is 7.26. The van der Waals surface area contributed by atoms with Gasteiger partial charge in [-0.3, -0.25) is 0 Å². The zero-order valence-corrected chi connectivity index (χ0v) is 11.7. The Bertz CT molecular complexity index is 742. The number of H-pyrrole nitrogens is 1. The second-order valence-electron chi connectivity index (χ2n) is 5.30. The van der Waals surface area contributed by atoms with Gasteiger partial charge in [0.05, 0.1) is 18.1 Å². The summed E-state index contributed by atoms with van der Waals surface area (Å²) in [5.41, 5.74) is 2.86. The zero-order valence-electron chi connectivity index (χ0n) is 11.7. The van der Waals surface area contributed by atoms with Gasteiger partial charge in [0.15, 0.2) is 5.82 Å². The van der Waals surface area contributed by atoms with Crippen LogP contribution in [-0.4, -0.2) is 38.0 Å². The molecule has 0 radical (unpaired) electrons. The van der Waals surface area contributed by atoms with Crippen molar-refractivity contribution in [3.8, 4) is 11.4 Å². The number of rotatable bonds is 2. The molecule has 1 saturated heterocycles. The molecule has 0 aromatic carbocycles. The third-order valence-electron chi connectivity index (χ3n) is 3.96. The third kappa shape index (κ3) is 2.22. The summed E-state index contributed by atoms with van der Waals surface area (Å²) >= 11 is 0. The first-order chi connectivity index (χ1) is 10.4. The Hall–Kier alpha value is -2.50. The maximum Gasteiger partial charge on any atom is 0.161 e. The van der Waals surface area contributed by atoms with E-state index in [-0.39, 0.29) is 0 Å². The molecule has 1 aliphatic heterocycles. The van der Waals surface area contributed by atoms with Crippen molar-refractivity contribution in [2.75, 3.05) is 18.0 Å². The highest BCUT2D eigenvalue weighted by Crippen LogP contribution is 2.25. The van der Waals surface area contributed by atoms with Gasteiger partial charge in [-0.15, -0.1) is 0 Å². The number of anilines is 1.